The fourth-order valence-corrected chi connectivity index (χ4v) is 4.17. The third kappa shape index (κ3) is 14.8. The predicted octanol–water partition coefficient (Wildman–Crippen LogP) is 8.63. The van der Waals surface area contributed by atoms with Crippen LogP contribution in [0.2, 0.25) is 0 Å². The predicted molar refractivity (Wildman–Crippen MR) is 166 cm³/mol. The Morgan fingerprint density at radius 1 is 0.698 bits per heavy atom. The van der Waals surface area contributed by atoms with Gasteiger partial charge in [0.05, 0.1) is 17.7 Å². The SMILES string of the molecule is CC(C)(C)OC(=O)c1cc(OCCCCCCCCCCC(=O)OCc2ccccc2N=O)cc(C(=O)OC(C)(C)C)c1. The number of esters is 3. The van der Waals surface area contributed by atoms with Crippen LogP contribution in [-0.4, -0.2) is 35.7 Å². The standard InChI is InChI=1S/C34H47NO8/c1-33(2,3)42-31(37)26-21-27(32(38)43-34(4,5)6)23-28(22-26)40-20-16-12-10-8-7-9-11-13-19-30(36)41-24-25-17-14-15-18-29(25)35-39/h14-15,17-18,21-23H,7-13,16,19-20,24H2,1-6H3. The molecule has 0 saturated carbocycles. The molecule has 0 spiro atoms. The highest BCUT2D eigenvalue weighted by molar-refractivity contribution is 5.96. The topological polar surface area (TPSA) is 118 Å². The molecule has 0 saturated heterocycles. The van der Waals surface area contributed by atoms with Crippen molar-refractivity contribution < 1.29 is 33.3 Å². The molecular formula is C34H47NO8. The van der Waals surface area contributed by atoms with Gasteiger partial charge in [-0.15, -0.1) is 4.91 Å². The number of hydrogen-bond donors (Lipinski definition) is 0. The molecule has 0 N–H and O–H groups in total. The van der Waals surface area contributed by atoms with Gasteiger partial charge in [0.1, 0.15) is 29.2 Å². The van der Waals surface area contributed by atoms with E-state index in [-0.39, 0.29) is 23.7 Å². The average Bonchev–Trinajstić information content (AvgIpc) is 2.93. The van der Waals surface area contributed by atoms with Gasteiger partial charge in [-0.1, -0.05) is 56.7 Å². The Balaban J connectivity index is 1.66. The van der Waals surface area contributed by atoms with E-state index in [0.717, 1.165) is 51.4 Å². The molecule has 0 aliphatic heterocycles. The van der Waals surface area contributed by atoms with Crippen LogP contribution in [-0.2, 0) is 25.6 Å². The van der Waals surface area contributed by atoms with Gasteiger partial charge in [0.15, 0.2) is 0 Å². The Morgan fingerprint density at radius 3 is 1.74 bits per heavy atom. The molecule has 0 amide bonds. The Bertz CT molecular complexity index is 1160. The van der Waals surface area contributed by atoms with Crippen molar-refractivity contribution in [1.82, 2.24) is 0 Å². The number of carbonyl (C=O) groups is 3. The lowest BCUT2D eigenvalue weighted by Crippen LogP contribution is -2.25. The van der Waals surface area contributed by atoms with Crippen LogP contribution in [0.5, 0.6) is 5.75 Å². The number of ether oxygens (including phenoxy) is 4. The molecule has 2 aromatic carbocycles. The Morgan fingerprint density at radius 2 is 1.21 bits per heavy atom. The van der Waals surface area contributed by atoms with Crippen LogP contribution in [0.1, 0.15) is 126 Å². The van der Waals surface area contributed by atoms with E-state index in [1.54, 1.807) is 77.9 Å². The summed E-state index contributed by atoms with van der Waals surface area (Å²) in [6, 6.07) is 11.5. The molecule has 0 bridgehead atoms. The van der Waals surface area contributed by atoms with Crippen molar-refractivity contribution in [1.29, 1.82) is 0 Å². The van der Waals surface area contributed by atoms with Gasteiger partial charge in [-0.3, -0.25) is 4.79 Å². The second-order valence-electron chi connectivity index (χ2n) is 12.6. The van der Waals surface area contributed by atoms with Crippen LogP contribution in [0.4, 0.5) is 5.69 Å². The number of carbonyl (C=O) groups excluding carboxylic acids is 3. The van der Waals surface area contributed by atoms with Crippen LogP contribution < -0.4 is 4.74 Å². The Labute approximate surface area is 255 Å². The van der Waals surface area contributed by atoms with E-state index in [1.165, 1.54) is 6.07 Å². The molecule has 0 aliphatic rings. The summed E-state index contributed by atoms with van der Waals surface area (Å²) in [5.41, 5.74) is 0.0348. The Hall–Kier alpha value is -3.75. The molecule has 43 heavy (non-hydrogen) atoms. The molecule has 0 fully saturated rings. The summed E-state index contributed by atoms with van der Waals surface area (Å²) in [5.74, 6) is -0.905. The van der Waals surface area contributed by atoms with Gasteiger partial charge in [0.2, 0.25) is 0 Å². The lowest BCUT2D eigenvalue weighted by molar-refractivity contribution is -0.145. The zero-order valence-electron chi connectivity index (χ0n) is 26.5. The molecule has 0 atom stereocenters. The molecule has 236 valence electrons. The van der Waals surface area contributed by atoms with Crippen LogP contribution in [0.25, 0.3) is 0 Å². The smallest absolute Gasteiger partial charge is 0.338 e. The molecule has 0 aromatic heterocycles. The van der Waals surface area contributed by atoms with E-state index >= 15 is 0 Å². The fraction of sp³-hybridized carbons (Fsp3) is 0.559. The van der Waals surface area contributed by atoms with E-state index in [0.29, 0.717) is 30.0 Å². The maximum Gasteiger partial charge on any atom is 0.338 e. The number of nitrogens with zero attached hydrogens (tertiary/aromatic N) is 1. The molecule has 0 unspecified atom stereocenters. The van der Waals surface area contributed by atoms with Gasteiger partial charge in [-0.2, -0.15) is 0 Å². The lowest BCUT2D eigenvalue weighted by Gasteiger charge is -2.21. The van der Waals surface area contributed by atoms with Gasteiger partial charge in [0, 0.05) is 12.0 Å². The van der Waals surface area contributed by atoms with E-state index < -0.39 is 23.1 Å². The van der Waals surface area contributed by atoms with Gasteiger partial charge in [-0.25, -0.2) is 9.59 Å². The summed E-state index contributed by atoms with van der Waals surface area (Å²) in [5, 5.41) is 2.95. The van der Waals surface area contributed by atoms with Crippen LogP contribution in [0, 0.1) is 4.91 Å². The van der Waals surface area contributed by atoms with Crippen LogP contribution in [0.15, 0.2) is 47.6 Å². The van der Waals surface area contributed by atoms with Crippen molar-refractivity contribution >= 4 is 23.6 Å². The van der Waals surface area contributed by atoms with Crippen LogP contribution in [0.3, 0.4) is 0 Å². The summed E-state index contributed by atoms with van der Waals surface area (Å²) in [6.45, 7) is 11.2. The van der Waals surface area contributed by atoms with Crippen molar-refractivity contribution in [2.24, 2.45) is 5.18 Å². The molecule has 2 aromatic rings. The van der Waals surface area contributed by atoms with Gasteiger partial charge in [-0.05, 0) is 83.8 Å². The summed E-state index contributed by atoms with van der Waals surface area (Å²) in [4.78, 5) is 48.2. The summed E-state index contributed by atoms with van der Waals surface area (Å²) in [7, 11) is 0. The molecular weight excluding hydrogens is 550 g/mol. The first-order valence-corrected chi connectivity index (χ1v) is 15.1. The minimum atomic E-state index is -0.671. The third-order valence-corrected chi connectivity index (χ3v) is 6.20. The van der Waals surface area contributed by atoms with Gasteiger partial charge in [0.25, 0.3) is 0 Å². The van der Waals surface area contributed by atoms with Gasteiger partial charge >= 0.3 is 17.9 Å². The summed E-state index contributed by atoms with van der Waals surface area (Å²) < 4.78 is 22.1. The number of benzene rings is 2. The van der Waals surface area contributed by atoms with E-state index in [9.17, 15) is 19.3 Å². The molecule has 9 heteroatoms. The number of nitroso groups, excluding NO2 is 1. The first kappa shape index (κ1) is 35.4. The number of rotatable bonds is 17. The monoisotopic (exact) mass is 597 g/mol. The van der Waals surface area contributed by atoms with Gasteiger partial charge < -0.3 is 18.9 Å². The second kappa shape index (κ2) is 17.4. The van der Waals surface area contributed by atoms with Crippen molar-refractivity contribution in [2.45, 2.75) is 117 Å². The number of unbranched alkanes of at least 4 members (excludes halogenated alkanes) is 7. The highest BCUT2D eigenvalue weighted by atomic mass is 16.6. The lowest BCUT2D eigenvalue weighted by atomic mass is 10.1. The van der Waals surface area contributed by atoms with E-state index in [4.69, 9.17) is 18.9 Å². The maximum absolute atomic E-state index is 12.7. The first-order chi connectivity index (χ1) is 20.3. The highest BCUT2D eigenvalue weighted by Gasteiger charge is 2.23. The largest absolute Gasteiger partial charge is 0.494 e. The number of hydrogen-bond acceptors (Lipinski definition) is 9. The zero-order chi connectivity index (χ0) is 31.9. The van der Waals surface area contributed by atoms with Crippen molar-refractivity contribution in [3.63, 3.8) is 0 Å². The minimum Gasteiger partial charge on any atom is -0.494 e. The fourth-order valence-electron chi connectivity index (χ4n) is 4.17. The van der Waals surface area contributed by atoms with E-state index in [1.807, 2.05) is 0 Å². The third-order valence-electron chi connectivity index (χ3n) is 6.20. The van der Waals surface area contributed by atoms with E-state index in [2.05, 4.69) is 5.18 Å². The maximum atomic E-state index is 12.7. The van der Waals surface area contributed by atoms with Crippen LogP contribution >= 0.6 is 0 Å². The van der Waals surface area contributed by atoms with Crippen molar-refractivity contribution in [2.75, 3.05) is 6.61 Å². The first-order valence-electron chi connectivity index (χ1n) is 15.1. The van der Waals surface area contributed by atoms with Crippen molar-refractivity contribution in [3.8, 4) is 5.75 Å². The summed E-state index contributed by atoms with van der Waals surface area (Å²) in [6.07, 6.45) is 8.22. The quantitative estimate of drug-likeness (QED) is 0.0769. The second-order valence-corrected chi connectivity index (χ2v) is 12.6. The average molecular weight is 598 g/mol. The molecule has 0 heterocycles. The summed E-state index contributed by atoms with van der Waals surface area (Å²) >= 11 is 0. The zero-order valence-corrected chi connectivity index (χ0v) is 26.5. The van der Waals surface area contributed by atoms with Crippen molar-refractivity contribution in [3.05, 3.63) is 64.1 Å². The highest BCUT2D eigenvalue weighted by Crippen LogP contribution is 2.23. The molecule has 0 aliphatic carbocycles. The normalized spacial score (nSPS) is 11.5. The Kier molecular flexibility index (Phi) is 14.3. The minimum absolute atomic E-state index is 0.0601. The molecule has 2 rings (SSSR count). The molecule has 0 radical (unpaired) electrons. The molecule has 9 nitrogen and oxygen atoms in total.